The maximum atomic E-state index is 13.4. The van der Waals surface area contributed by atoms with Crippen molar-refractivity contribution in [3.05, 3.63) is 64.5 Å². The quantitative estimate of drug-likeness (QED) is 0.463. The van der Waals surface area contributed by atoms with Gasteiger partial charge in [0.05, 0.1) is 35.7 Å². The number of hydrogen-bond donors (Lipinski definition) is 0. The average molecular weight is 493 g/mol. The molecule has 3 aromatic rings. The first kappa shape index (κ1) is 22.9. The molecule has 35 heavy (non-hydrogen) atoms. The third kappa shape index (κ3) is 4.35. The molecule has 2 aliphatic heterocycles. The van der Waals surface area contributed by atoms with E-state index < -0.39 is 6.10 Å². The van der Waals surface area contributed by atoms with Crippen LogP contribution in [0.25, 0.3) is 0 Å². The first-order valence-corrected chi connectivity index (χ1v) is 12.4. The number of nitriles is 1. The average Bonchev–Trinajstić information content (AvgIpc) is 3.61. The number of aromatic nitrogens is 1. The van der Waals surface area contributed by atoms with Gasteiger partial charge < -0.3 is 23.7 Å². The minimum atomic E-state index is -0.743. The number of benzene rings is 1. The smallest absolute Gasteiger partial charge is 0.289 e. The number of ether oxygens (including phenoxy) is 2. The van der Waals surface area contributed by atoms with E-state index in [-0.39, 0.29) is 23.9 Å². The van der Waals surface area contributed by atoms with Crippen LogP contribution < -0.4 is 9.47 Å². The molecule has 2 fully saturated rings. The molecule has 2 aliphatic rings. The van der Waals surface area contributed by atoms with Gasteiger partial charge in [-0.1, -0.05) is 0 Å². The van der Waals surface area contributed by atoms with Gasteiger partial charge in [-0.2, -0.15) is 5.26 Å². The molecule has 1 aromatic carbocycles. The van der Waals surface area contributed by atoms with Gasteiger partial charge in [-0.25, -0.2) is 4.98 Å². The molecule has 2 atom stereocenters. The molecule has 0 unspecified atom stereocenters. The van der Waals surface area contributed by atoms with Crippen molar-refractivity contribution in [3.63, 3.8) is 0 Å². The summed E-state index contributed by atoms with van der Waals surface area (Å²) in [5, 5.41) is 11.1. The van der Waals surface area contributed by atoms with Crippen LogP contribution in [0.15, 0.2) is 51.9 Å². The minimum absolute atomic E-state index is 0.0259. The van der Waals surface area contributed by atoms with Crippen molar-refractivity contribution < 1.29 is 23.5 Å². The predicted molar refractivity (Wildman–Crippen MR) is 126 cm³/mol. The Balaban J connectivity index is 1.32. The summed E-state index contributed by atoms with van der Waals surface area (Å²) < 4.78 is 17.1. The molecule has 2 amide bonds. The van der Waals surface area contributed by atoms with Crippen molar-refractivity contribution in [3.8, 4) is 17.6 Å². The van der Waals surface area contributed by atoms with Crippen molar-refractivity contribution in [2.75, 3.05) is 19.7 Å². The predicted octanol–water partition coefficient (Wildman–Crippen LogP) is 3.64. The van der Waals surface area contributed by atoms with Gasteiger partial charge in [0.2, 0.25) is 6.10 Å². The summed E-state index contributed by atoms with van der Waals surface area (Å²) in [6.45, 7) is 3.32. The molecule has 0 bridgehead atoms. The molecule has 0 N–H and O–H groups in total. The molecule has 180 valence electrons. The highest BCUT2D eigenvalue weighted by Crippen LogP contribution is 2.43. The van der Waals surface area contributed by atoms with Crippen molar-refractivity contribution in [1.29, 1.82) is 5.26 Å². The van der Waals surface area contributed by atoms with E-state index in [1.54, 1.807) is 40.7 Å². The van der Waals surface area contributed by atoms with E-state index in [9.17, 15) is 14.9 Å². The molecular formula is C25H24N4O5S. The van der Waals surface area contributed by atoms with Gasteiger partial charge in [-0.05, 0) is 44.0 Å². The highest BCUT2D eigenvalue weighted by Gasteiger charge is 2.54. The molecule has 0 saturated carbocycles. The van der Waals surface area contributed by atoms with Gasteiger partial charge in [0.1, 0.15) is 6.04 Å². The third-order valence-electron chi connectivity index (χ3n) is 6.34. The van der Waals surface area contributed by atoms with E-state index >= 15 is 0 Å². The van der Waals surface area contributed by atoms with E-state index in [0.717, 1.165) is 5.69 Å². The molecule has 2 saturated heterocycles. The number of carbonyl (C=O) groups is 2. The summed E-state index contributed by atoms with van der Waals surface area (Å²) in [6.07, 6.45) is 2.06. The molecule has 5 rings (SSSR count). The van der Waals surface area contributed by atoms with Crippen LogP contribution in [0.3, 0.4) is 0 Å². The van der Waals surface area contributed by atoms with E-state index in [2.05, 4.69) is 11.1 Å². The van der Waals surface area contributed by atoms with Gasteiger partial charge in [-0.15, -0.1) is 11.3 Å². The Bertz CT molecular complexity index is 1230. The number of β-lactam (4-membered cyclic amide) rings is 1. The first-order valence-electron chi connectivity index (χ1n) is 11.5. The van der Waals surface area contributed by atoms with E-state index in [0.29, 0.717) is 55.4 Å². The molecule has 0 aliphatic carbocycles. The largest absolute Gasteiger partial charge is 0.490 e. The van der Waals surface area contributed by atoms with E-state index in [1.165, 1.54) is 17.6 Å². The number of carbonyl (C=O) groups excluding carboxylic acids is 2. The van der Waals surface area contributed by atoms with Gasteiger partial charge >= 0.3 is 0 Å². The Morgan fingerprint density at radius 3 is 2.77 bits per heavy atom. The van der Waals surface area contributed by atoms with E-state index in [4.69, 9.17) is 13.9 Å². The Labute approximate surface area is 206 Å². The van der Waals surface area contributed by atoms with Gasteiger partial charge in [-0.3, -0.25) is 9.59 Å². The van der Waals surface area contributed by atoms with Crippen LogP contribution in [-0.2, 0) is 4.79 Å². The molecule has 4 heterocycles. The monoisotopic (exact) mass is 492 g/mol. The second-order valence-corrected chi connectivity index (χ2v) is 9.07. The molecule has 10 heteroatoms. The van der Waals surface area contributed by atoms with Crippen LogP contribution in [0.1, 0.15) is 47.6 Å². The fraction of sp³-hybridized carbons (Fsp3) is 0.360. The Kier molecular flexibility index (Phi) is 6.42. The summed E-state index contributed by atoms with van der Waals surface area (Å²) in [4.78, 5) is 34.0. The number of piperidine rings is 1. The molecule has 0 radical (unpaired) electrons. The second-order valence-electron chi connectivity index (χ2n) is 8.35. The third-order valence-corrected chi connectivity index (χ3v) is 6.95. The van der Waals surface area contributed by atoms with Crippen LogP contribution in [-0.4, -0.2) is 58.4 Å². The Morgan fingerprint density at radius 2 is 2.11 bits per heavy atom. The van der Waals surface area contributed by atoms with Crippen molar-refractivity contribution in [2.24, 2.45) is 0 Å². The highest BCUT2D eigenvalue weighted by molar-refractivity contribution is 7.07. The highest BCUT2D eigenvalue weighted by atomic mass is 32.1. The molecule has 9 nitrogen and oxygen atoms in total. The van der Waals surface area contributed by atoms with Gasteiger partial charge in [0.15, 0.2) is 17.3 Å². The number of furan rings is 1. The number of nitrogens with zero attached hydrogens (tertiary/aromatic N) is 4. The zero-order valence-electron chi connectivity index (χ0n) is 19.1. The lowest BCUT2D eigenvalue weighted by atomic mass is 9.89. The number of hydrogen-bond acceptors (Lipinski definition) is 8. The van der Waals surface area contributed by atoms with Crippen LogP contribution in [0.5, 0.6) is 11.5 Å². The first-order chi connectivity index (χ1) is 17.1. The van der Waals surface area contributed by atoms with Gasteiger partial charge in [0, 0.05) is 30.6 Å². The lowest BCUT2D eigenvalue weighted by molar-refractivity contribution is -0.171. The Hall–Kier alpha value is -3.84. The fourth-order valence-corrected chi connectivity index (χ4v) is 5.24. The summed E-state index contributed by atoms with van der Waals surface area (Å²) in [7, 11) is 0. The maximum absolute atomic E-state index is 13.4. The van der Waals surface area contributed by atoms with Crippen molar-refractivity contribution in [1.82, 2.24) is 14.8 Å². The zero-order valence-corrected chi connectivity index (χ0v) is 19.9. The summed E-state index contributed by atoms with van der Waals surface area (Å²) in [6, 6.07) is 10.0. The van der Waals surface area contributed by atoms with Crippen LogP contribution >= 0.6 is 11.3 Å². The van der Waals surface area contributed by atoms with E-state index in [1.807, 2.05) is 17.2 Å². The lowest BCUT2D eigenvalue weighted by Crippen LogP contribution is -2.66. The number of likely N-dealkylation sites (tertiary alicyclic amines) is 2. The molecule has 0 spiro atoms. The van der Waals surface area contributed by atoms with Crippen LogP contribution in [0.4, 0.5) is 0 Å². The lowest BCUT2D eigenvalue weighted by Gasteiger charge is -2.51. The topological polar surface area (TPSA) is 109 Å². The summed E-state index contributed by atoms with van der Waals surface area (Å²) >= 11 is 1.47. The SMILES string of the molecule is CCOc1cc(C#N)ccc1O[C@@H]1C(=O)N(C2CCN(C(=O)c3ccco3)CC2)[C@H]1c1cscn1. The number of rotatable bonds is 7. The van der Waals surface area contributed by atoms with Crippen LogP contribution in [0, 0.1) is 11.3 Å². The normalized spacial score (nSPS) is 20.3. The zero-order chi connectivity index (χ0) is 24.4. The standard InChI is InChI=1S/C25H24N4O5S/c1-2-32-21-12-16(13-26)5-6-19(21)34-23-22(18-14-35-15-27-18)29(25(23)31)17-7-9-28(10-8-17)24(30)20-4-3-11-33-20/h3-6,11-12,14-15,17,22-23H,2,7-10H2,1H3/t22-,23-/m0/s1. The fourth-order valence-electron chi connectivity index (χ4n) is 4.65. The van der Waals surface area contributed by atoms with Crippen LogP contribution in [0.2, 0.25) is 0 Å². The van der Waals surface area contributed by atoms with Gasteiger partial charge in [0.25, 0.3) is 11.8 Å². The molecular weight excluding hydrogens is 468 g/mol. The van der Waals surface area contributed by atoms with Crippen molar-refractivity contribution >= 4 is 23.2 Å². The summed E-state index contributed by atoms with van der Waals surface area (Å²) in [5.41, 5.74) is 2.97. The summed E-state index contributed by atoms with van der Waals surface area (Å²) in [5.74, 6) is 0.919. The molecule has 2 aromatic heterocycles. The minimum Gasteiger partial charge on any atom is -0.490 e. The Morgan fingerprint density at radius 1 is 1.29 bits per heavy atom. The number of thiazole rings is 1. The van der Waals surface area contributed by atoms with Crippen molar-refractivity contribution in [2.45, 2.75) is 38.0 Å². The maximum Gasteiger partial charge on any atom is 0.289 e. The number of amides is 2. The second kappa shape index (κ2) is 9.80.